The van der Waals surface area contributed by atoms with E-state index in [0.29, 0.717) is 44.0 Å². The van der Waals surface area contributed by atoms with Crippen molar-refractivity contribution >= 4 is 11.8 Å². The highest BCUT2D eigenvalue weighted by molar-refractivity contribution is 5.79. The van der Waals surface area contributed by atoms with Crippen LogP contribution in [0.1, 0.15) is 24.8 Å². The number of rotatable bonds is 7. The number of likely N-dealkylation sites (tertiary alicyclic amines) is 1. The summed E-state index contributed by atoms with van der Waals surface area (Å²) in [5.41, 5.74) is 0.875. The van der Waals surface area contributed by atoms with Crippen LogP contribution in [-0.2, 0) is 16.0 Å². The number of ether oxygens (including phenoxy) is 2. The number of amides is 2. The Kier molecular flexibility index (Phi) is 7.19. The Labute approximate surface area is 172 Å². The molecule has 0 spiro atoms. The highest BCUT2D eigenvalue weighted by Gasteiger charge is 2.25. The van der Waals surface area contributed by atoms with E-state index in [1.165, 1.54) is 14.2 Å². The van der Waals surface area contributed by atoms with Gasteiger partial charge in [0.1, 0.15) is 0 Å². The Morgan fingerprint density at radius 1 is 0.897 bits per heavy atom. The SMILES string of the molecule is COc1cc(CCC(=O)N2CCN(CC(=O)N3CCCC3)CC2)cc(OC)c1O. The number of phenolic OH excluding ortho intramolecular Hbond substituents is 1. The van der Waals surface area contributed by atoms with E-state index in [-0.39, 0.29) is 17.6 Å². The average molecular weight is 405 g/mol. The van der Waals surface area contributed by atoms with Crippen LogP contribution in [0.25, 0.3) is 0 Å². The fraction of sp³-hybridized carbons (Fsp3) is 0.619. The van der Waals surface area contributed by atoms with E-state index < -0.39 is 0 Å². The van der Waals surface area contributed by atoms with Crippen LogP contribution in [0.5, 0.6) is 17.2 Å². The second kappa shape index (κ2) is 9.82. The molecule has 0 aromatic heterocycles. The molecule has 0 radical (unpaired) electrons. The Bertz CT molecular complexity index is 700. The summed E-state index contributed by atoms with van der Waals surface area (Å²) in [6.45, 7) is 4.96. The van der Waals surface area contributed by atoms with Crippen LogP contribution in [0, 0.1) is 0 Å². The molecule has 2 fully saturated rings. The summed E-state index contributed by atoms with van der Waals surface area (Å²) < 4.78 is 10.3. The first-order chi connectivity index (χ1) is 14.0. The Balaban J connectivity index is 1.46. The number of carbonyl (C=O) groups excluding carboxylic acids is 2. The third-order valence-electron chi connectivity index (χ3n) is 5.71. The summed E-state index contributed by atoms with van der Waals surface area (Å²) in [6.07, 6.45) is 3.13. The third-order valence-corrected chi connectivity index (χ3v) is 5.71. The molecule has 2 amide bonds. The molecule has 0 bridgehead atoms. The van der Waals surface area contributed by atoms with Gasteiger partial charge in [0.25, 0.3) is 0 Å². The molecule has 0 saturated carbocycles. The lowest BCUT2D eigenvalue weighted by Gasteiger charge is -2.35. The second-order valence-electron chi connectivity index (χ2n) is 7.59. The number of aryl methyl sites for hydroxylation is 1. The van der Waals surface area contributed by atoms with Gasteiger partial charge in [0.2, 0.25) is 17.6 Å². The number of benzene rings is 1. The number of carbonyl (C=O) groups is 2. The van der Waals surface area contributed by atoms with Crippen molar-refractivity contribution < 1.29 is 24.2 Å². The highest BCUT2D eigenvalue weighted by atomic mass is 16.5. The number of hydrogen-bond donors (Lipinski definition) is 1. The second-order valence-corrected chi connectivity index (χ2v) is 7.59. The van der Waals surface area contributed by atoms with Gasteiger partial charge in [-0.3, -0.25) is 14.5 Å². The van der Waals surface area contributed by atoms with Crippen molar-refractivity contribution in [3.8, 4) is 17.2 Å². The van der Waals surface area contributed by atoms with Crippen molar-refractivity contribution in [1.29, 1.82) is 0 Å². The molecule has 3 rings (SSSR count). The Morgan fingerprint density at radius 2 is 1.45 bits per heavy atom. The van der Waals surface area contributed by atoms with Gasteiger partial charge in [-0.1, -0.05) is 0 Å². The molecule has 0 unspecified atom stereocenters. The summed E-state index contributed by atoms with van der Waals surface area (Å²) >= 11 is 0. The molecule has 0 aliphatic carbocycles. The maximum atomic E-state index is 12.6. The smallest absolute Gasteiger partial charge is 0.236 e. The third kappa shape index (κ3) is 5.32. The van der Waals surface area contributed by atoms with Crippen LogP contribution in [0.3, 0.4) is 0 Å². The maximum absolute atomic E-state index is 12.6. The van der Waals surface area contributed by atoms with Crippen LogP contribution in [0.2, 0.25) is 0 Å². The summed E-state index contributed by atoms with van der Waals surface area (Å²) in [4.78, 5) is 30.8. The lowest BCUT2D eigenvalue weighted by molar-refractivity contribution is -0.134. The summed E-state index contributed by atoms with van der Waals surface area (Å²) in [7, 11) is 2.97. The molecule has 1 aromatic carbocycles. The maximum Gasteiger partial charge on any atom is 0.236 e. The molecular weight excluding hydrogens is 374 g/mol. The number of aromatic hydroxyl groups is 1. The highest BCUT2D eigenvalue weighted by Crippen LogP contribution is 2.37. The van der Waals surface area contributed by atoms with Crippen molar-refractivity contribution in [2.75, 3.05) is 60.0 Å². The van der Waals surface area contributed by atoms with Crippen molar-refractivity contribution in [2.45, 2.75) is 25.7 Å². The fourth-order valence-corrected chi connectivity index (χ4v) is 3.91. The number of piperazine rings is 1. The molecule has 0 atom stereocenters. The predicted octanol–water partition coefficient (Wildman–Crippen LogP) is 1.11. The van der Waals surface area contributed by atoms with Crippen molar-refractivity contribution in [2.24, 2.45) is 0 Å². The first-order valence-corrected chi connectivity index (χ1v) is 10.2. The molecule has 2 aliphatic rings. The molecule has 29 heavy (non-hydrogen) atoms. The number of phenols is 1. The molecule has 2 aliphatic heterocycles. The van der Waals surface area contributed by atoms with Crippen molar-refractivity contribution in [3.05, 3.63) is 17.7 Å². The van der Waals surface area contributed by atoms with Gasteiger partial charge < -0.3 is 24.4 Å². The van der Waals surface area contributed by atoms with E-state index in [4.69, 9.17) is 9.47 Å². The van der Waals surface area contributed by atoms with E-state index in [9.17, 15) is 14.7 Å². The van der Waals surface area contributed by atoms with Crippen molar-refractivity contribution in [1.82, 2.24) is 14.7 Å². The number of methoxy groups -OCH3 is 2. The number of nitrogens with zero attached hydrogens (tertiary/aromatic N) is 3. The predicted molar refractivity (Wildman–Crippen MR) is 108 cm³/mol. The monoisotopic (exact) mass is 405 g/mol. The minimum Gasteiger partial charge on any atom is -0.502 e. The largest absolute Gasteiger partial charge is 0.502 e. The van der Waals surface area contributed by atoms with Gasteiger partial charge >= 0.3 is 0 Å². The lowest BCUT2D eigenvalue weighted by Crippen LogP contribution is -2.51. The van der Waals surface area contributed by atoms with Gasteiger partial charge in [0.05, 0.1) is 20.8 Å². The first kappa shape index (κ1) is 21.2. The van der Waals surface area contributed by atoms with Gasteiger partial charge in [-0.25, -0.2) is 0 Å². The van der Waals surface area contributed by atoms with Crippen LogP contribution >= 0.6 is 0 Å². The molecular formula is C21H31N3O5. The van der Waals surface area contributed by atoms with E-state index >= 15 is 0 Å². The topological polar surface area (TPSA) is 82.6 Å². The zero-order chi connectivity index (χ0) is 20.8. The minimum atomic E-state index is -0.0373. The number of hydrogen-bond acceptors (Lipinski definition) is 6. The summed E-state index contributed by atoms with van der Waals surface area (Å²) in [5.74, 6) is 0.940. The Hall–Kier alpha value is -2.48. The molecule has 2 heterocycles. The van der Waals surface area contributed by atoms with E-state index in [1.54, 1.807) is 12.1 Å². The molecule has 8 heteroatoms. The van der Waals surface area contributed by atoms with E-state index in [2.05, 4.69) is 4.90 Å². The van der Waals surface area contributed by atoms with Gasteiger partial charge in [-0.05, 0) is 37.0 Å². The van der Waals surface area contributed by atoms with Gasteiger partial charge in [-0.2, -0.15) is 0 Å². The van der Waals surface area contributed by atoms with Gasteiger partial charge in [0, 0.05) is 45.7 Å². The normalized spacial score (nSPS) is 17.4. The Morgan fingerprint density at radius 3 is 2.00 bits per heavy atom. The lowest BCUT2D eigenvalue weighted by atomic mass is 10.1. The summed E-state index contributed by atoms with van der Waals surface area (Å²) in [5, 5.41) is 9.99. The van der Waals surface area contributed by atoms with Crippen LogP contribution in [-0.4, -0.2) is 91.7 Å². The molecule has 1 N–H and O–H groups in total. The van der Waals surface area contributed by atoms with Gasteiger partial charge in [0.15, 0.2) is 11.5 Å². The van der Waals surface area contributed by atoms with Crippen LogP contribution < -0.4 is 9.47 Å². The zero-order valence-electron chi connectivity index (χ0n) is 17.4. The molecule has 160 valence electrons. The minimum absolute atomic E-state index is 0.0373. The van der Waals surface area contributed by atoms with Crippen LogP contribution in [0.15, 0.2) is 12.1 Å². The average Bonchev–Trinajstić information content (AvgIpc) is 3.28. The summed E-state index contributed by atoms with van der Waals surface area (Å²) in [6, 6.07) is 3.46. The van der Waals surface area contributed by atoms with E-state index in [1.807, 2.05) is 9.80 Å². The van der Waals surface area contributed by atoms with E-state index in [0.717, 1.165) is 44.6 Å². The molecule has 1 aromatic rings. The molecule has 8 nitrogen and oxygen atoms in total. The zero-order valence-corrected chi connectivity index (χ0v) is 17.4. The quantitative estimate of drug-likeness (QED) is 0.732. The van der Waals surface area contributed by atoms with Crippen LogP contribution in [0.4, 0.5) is 0 Å². The fourth-order valence-electron chi connectivity index (χ4n) is 3.91. The molecule has 2 saturated heterocycles. The first-order valence-electron chi connectivity index (χ1n) is 10.2. The van der Waals surface area contributed by atoms with Crippen molar-refractivity contribution in [3.63, 3.8) is 0 Å². The standard InChI is InChI=1S/C21H31N3O5/c1-28-17-13-16(14-18(29-2)21(17)27)5-6-19(25)24-11-9-22(10-12-24)15-20(26)23-7-3-4-8-23/h13-14,27H,3-12,15H2,1-2H3. The van der Waals surface area contributed by atoms with Gasteiger partial charge in [-0.15, -0.1) is 0 Å².